The Morgan fingerprint density at radius 1 is 0.967 bits per heavy atom. The van der Waals surface area contributed by atoms with E-state index in [0.717, 1.165) is 36.0 Å². The zero-order chi connectivity index (χ0) is 20.3. The van der Waals surface area contributed by atoms with Crippen molar-refractivity contribution in [3.8, 4) is 21.8 Å². The first-order valence-electron chi connectivity index (χ1n) is 10.2. The van der Waals surface area contributed by atoms with Crippen LogP contribution in [0.3, 0.4) is 0 Å². The molecule has 7 heteroatoms. The number of imidazole rings is 1. The number of thiophene rings is 1. The first kappa shape index (κ1) is 18.7. The SMILES string of the molecule is CCCCc1nc2ccccc2n1Cc1ccc(-c2ccccc2-c2nn[nH]n2)s1. The molecular weight excluding hydrogens is 392 g/mol. The van der Waals surface area contributed by atoms with Crippen molar-refractivity contribution in [3.63, 3.8) is 0 Å². The number of H-pyrrole nitrogens is 1. The average Bonchev–Trinajstić information content (AvgIpc) is 3.53. The van der Waals surface area contributed by atoms with Gasteiger partial charge in [-0.3, -0.25) is 0 Å². The number of rotatable bonds is 7. The van der Waals surface area contributed by atoms with Crippen LogP contribution in [0.5, 0.6) is 0 Å². The van der Waals surface area contributed by atoms with Gasteiger partial charge in [0.25, 0.3) is 0 Å². The molecule has 0 spiro atoms. The third kappa shape index (κ3) is 3.52. The van der Waals surface area contributed by atoms with Gasteiger partial charge in [0.05, 0.1) is 17.6 Å². The Kier molecular flexibility index (Phi) is 5.11. The van der Waals surface area contributed by atoms with Crippen LogP contribution in [0.2, 0.25) is 0 Å². The molecule has 2 aromatic carbocycles. The van der Waals surface area contributed by atoms with Gasteiger partial charge in [-0.1, -0.05) is 49.7 Å². The Hall–Kier alpha value is -3.32. The van der Waals surface area contributed by atoms with Gasteiger partial charge < -0.3 is 4.57 Å². The summed E-state index contributed by atoms with van der Waals surface area (Å²) in [4.78, 5) is 7.40. The van der Waals surface area contributed by atoms with Gasteiger partial charge in [-0.25, -0.2) is 4.98 Å². The summed E-state index contributed by atoms with van der Waals surface area (Å²) in [6.07, 6.45) is 3.32. The molecule has 0 unspecified atom stereocenters. The van der Waals surface area contributed by atoms with Gasteiger partial charge in [-0.2, -0.15) is 5.21 Å². The van der Waals surface area contributed by atoms with E-state index in [1.807, 2.05) is 18.2 Å². The molecule has 5 aromatic rings. The van der Waals surface area contributed by atoms with E-state index >= 15 is 0 Å². The Bertz CT molecular complexity index is 1270. The molecule has 3 heterocycles. The molecule has 0 aliphatic heterocycles. The zero-order valence-electron chi connectivity index (χ0n) is 16.7. The number of hydrogen-bond donors (Lipinski definition) is 1. The highest BCUT2D eigenvalue weighted by molar-refractivity contribution is 7.15. The largest absolute Gasteiger partial charge is 0.323 e. The lowest BCUT2D eigenvalue weighted by atomic mass is 10.1. The van der Waals surface area contributed by atoms with Gasteiger partial charge in [-0.15, -0.1) is 21.5 Å². The number of aromatic amines is 1. The predicted molar refractivity (Wildman–Crippen MR) is 120 cm³/mol. The van der Waals surface area contributed by atoms with Crippen molar-refractivity contribution < 1.29 is 0 Å². The fourth-order valence-electron chi connectivity index (χ4n) is 3.76. The maximum Gasteiger partial charge on any atom is 0.205 e. The highest BCUT2D eigenvalue weighted by Crippen LogP contribution is 2.35. The fraction of sp³-hybridized carbons (Fsp3) is 0.217. The van der Waals surface area contributed by atoms with Crippen LogP contribution in [0.4, 0.5) is 0 Å². The minimum absolute atomic E-state index is 0.614. The highest BCUT2D eigenvalue weighted by Gasteiger charge is 2.15. The first-order valence-corrected chi connectivity index (χ1v) is 11.0. The molecule has 0 fully saturated rings. The first-order chi connectivity index (χ1) is 14.8. The normalized spacial score (nSPS) is 11.4. The quantitative estimate of drug-likeness (QED) is 0.390. The third-order valence-electron chi connectivity index (χ3n) is 5.24. The minimum Gasteiger partial charge on any atom is -0.323 e. The van der Waals surface area contributed by atoms with E-state index in [4.69, 9.17) is 4.98 Å². The van der Waals surface area contributed by atoms with Crippen LogP contribution in [0, 0.1) is 0 Å². The molecule has 1 N–H and O–H groups in total. The van der Waals surface area contributed by atoms with E-state index in [-0.39, 0.29) is 0 Å². The van der Waals surface area contributed by atoms with Gasteiger partial charge in [0.2, 0.25) is 5.82 Å². The van der Waals surface area contributed by atoms with Crippen molar-refractivity contribution in [3.05, 3.63) is 71.4 Å². The van der Waals surface area contributed by atoms with Crippen molar-refractivity contribution in [1.29, 1.82) is 0 Å². The summed E-state index contributed by atoms with van der Waals surface area (Å²) in [6.45, 7) is 3.05. The van der Waals surface area contributed by atoms with Crippen molar-refractivity contribution in [1.82, 2.24) is 30.2 Å². The number of aromatic nitrogens is 6. The summed E-state index contributed by atoms with van der Waals surface area (Å²) < 4.78 is 2.37. The second-order valence-electron chi connectivity index (χ2n) is 7.25. The summed E-state index contributed by atoms with van der Waals surface area (Å²) in [7, 11) is 0. The number of nitrogens with zero attached hydrogens (tertiary/aromatic N) is 5. The van der Waals surface area contributed by atoms with E-state index in [1.54, 1.807) is 11.3 Å². The number of benzene rings is 2. The molecule has 3 aromatic heterocycles. The predicted octanol–water partition coefficient (Wildman–Crippen LogP) is 5.34. The molecule has 6 nitrogen and oxygen atoms in total. The maximum atomic E-state index is 4.90. The minimum atomic E-state index is 0.614. The topological polar surface area (TPSA) is 72.3 Å². The van der Waals surface area contributed by atoms with E-state index in [2.05, 4.69) is 74.6 Å². The van der Waals surface area contributed by atoms with Gasteiger partial charge in [0.1, 0.15) is 5.82 Å². The van der Waals surface area contributed by atoms with E-state index in [0.29, 0.717) is 5.82 Å². The summed E-state index contributed by atoms with van der Waals surface area (Å²) in [5.41, 5.74) is 4.38. The molecule has 0 aliphatic carbocycles. The zero-order valence-corrected chi connectivity index (χ0v) is 17.6. The Labute approximate surface area is 178 Å². The molecule has 0 saturated heterocycles. The van der Waals surface area contributed by atoms with Crippen molar-refractivity contribution in [2.75, 3.05) is 0 Å². The lowest BCUT2D eigenvalue weighted by Gasteiger charge is -2.08. The molecule has 150 valence electrons. The van der Waals surface area contributed by atoms with Crippen molar-refractivity contribution in [2.24, 2.45) is 0 Å². The molecule has 30 heavy (non-hydrogen) atoms. The Morgan fingerprint density at radius 3 is 2.63 bits per heavy atom. The van der Waals surface area contributed by atoms with Crippen LogP contribution >= 0.6 is 11.3 Å². The van der Waals surface area contributed by atoms with Crippen molar-refractivity contribution in [2.45, 2.75) is 32.7 Å². The molecule has 0 radical (unpaired) electrons. The summed E-state index contributed by atoms with van der Waals surface area (Å²) >= 11 is 1.80. The van der Waals surface area contributed by atoms with Crippen molar-refractivity contribution >= 4 is 22.4 Å². The molecule has 0 atom stereocenters. The van der Waals surface area contributed by atoms with E-state index in [9.17, 15) is 0 Å². The lowest BCUT2D eigenvalue weighted by molar-refractivity contribution is 0.694. The summed E-state index contributed by atoms with van der Waals surface area (Å²) in [6, 6.07) is 21.0. The highest BCUT2D eigenvalue weighted by atomic mass is 32.1. The molecule has 0 bridgehead atoms. The van der Waals surface area contributed by atoms with Crippen LogP contribution in [0.25, 0.3) is 32.9 Å². The maximum absolute atomic E-state index is 4.90. The number of hydrogen-bond acceptors (Lipinski definition) is 5. The van der Waals surface area contributed by atoms with Crippen LogP contribution in [-0.2, 0) is 13.0 Å². The monoisotopic (exact) mass is 414 g/mol. The summed E-state index contributed by atoms with van der Waals surface area (Å²) in [5.74, 6) is 1.78. The van der Waals surface area contributed by atoms with E-state index < -0.39 is 0 Å². The van der Waals surface area contributed by atoms with Crippen LogP contribution in [-0.4, -0.2) is 30.2 Å². The average molecular weight is 415 g/mol. The van der Waals surface area contributed by atoms with Crippen LogP contribution in [0.1, 0.15) is 30.5 Å². The van der Waals surface area contributed by atoms with Gasteiger partial charge in [0.15, 0.2) is 0 Å². The Balaban J connectivity index is 1.50. The summed E-state index contributed by atoms with van der Waals surface area (Å²) in [5, 5.41) is 14.6. The van der Waals surface area contributed by atoms with E-state index in [1.165, 1.54) is 27.5 Å². The van der Waals surface area contributed by atoms with Crippen LogP contribution in [0.15, 0.2) is 60.7 Å². The number of unbranched alkanes of at least 4 members (excludes halogenated alkanes) is 1. The molecule has 0 aliphatic rings. The molecular formula is C23H22N6S. The fourth-order valence-corrected chi connectivity index (χ4v) is 4.80. The standard InChI is InChI=1S/C23H22N6S/c1-2-3-12-22-24-19-10-6-7-11-20(19)29(22)15-16-13-14-21(30-16)17-8-4-5-9-18(17)23-25-27-28-26-23/h4-11,13-14H,2-3,12,15H2,1H3,(H,25,26,27,28). The second kappa shape index (κ2) is 8.20. The molecule has 5 rings (SSSR count). The van der Waals surface area contributed by atoms with Gasteiger partial charge in [0, 0.05) is 27.3 Å². The second-order valence-corrected chi connectivity index (χ2v) is 8.42. The number of para-hydroxylation sites is 2. The molecule has 0 saturated carbocycles. The smallest absolute Gasteiger partial charge is 0.205 e. The number of aryl methyl sites for hydroxylation is 1. The number of nitrogens with one attached hydrogen (secondary N) is 1. The number of fused-ring (bicyclic) bond motifs is 1. The van der Waals surface area contributed by atoms with Crippen LogP contribution < -0.4 is 0 Å². The number of tetrazole rings is 1. The lowest BCUT2D eigenvalue weighted by Crippen LogP contribution is -2.04. The molecule has 0 amide bonds. The van der Waals surface area contributed by atoms with Gasteiger partial charge >= 0.3 is 0 Å². The van der Waals surface area contributed by atoms with Gasteiger partial charge in [-0.05, 0) is 35.9 Å². The third-order valence-corrected chi connectivity index (χ3v) is 6.35. The Morgan fingerprint density at radius 2 is 1.80 bits per heavy atom.